The first-order valence-corrected chi connectivity index (χ1v) is 16.8. The molecule has 5 aromatic heterocycles. The Bertz CT molecular complexity index is 3320. The fourth-order valence-corrected chi connectivity index (χ4v) is 8.86. The minimum Gasteiger partial charge on any atom is -0.308 e. The monoisotopic (exact) mass is 622 g/mol. The van der Waals surface area contributed by atoms with Crippen molar-refractivity contribution in [2.45, 2.75) is 0 Å². The van der Waals surface area contributed by atoms with Crippen LogP contribution in [0.3, 0.4) is 0 Å². The van der Waals surface area contributed by atoms with Crippen LogP contribution in [0.1, 0.15) is 0 Å². The third kappa shape index (κ3) is 3.12. The second-order valence-corrected chi connectivity index (χ2v) is 13.2. The Hall–Kier alpha value is -6.65. The Morgan fingerprint density at radius 3 is 1.78 bits per heavy atom. The molecule has 4 heteroatoms. The van der Waals surface area contributed by atoms with Crippen LogP contribution in [0.25, 0.3) is 104 Å². The molecule has 4 nitrogen and oxygen atoms in total. The summed E-state index contributed by atoms with van der Waals surface area (Å²) in [6, 6.07) is 53.1. The highest BCUT2D eigenvalue weighted by molar-refractivity contribution is 6.35. The van der Waals surface area contributed by atoms with Crippen molar-refractivity contribution >= 4 is 92.5 Å². The molecular formula is C45H26N4. The van der Waals surface area contributed by atoms with Crippen molar-refractivity contribution in [1.29, 1.82) is 0 Å². The van der Waals surface area contributed by atoms with Crippen LogP contribution in [0.5, 0.6) is 0 Å². The van der Waals surface area contributed by atoms with Crippen LogP contribution < -0.4 is 0 Å². The van der Waals surface area contributed by atoms with Gasteiger partial charge in [-0.25, -0.2) is 0 Å². The molecule has 0 fully saturated rings. The molecule has 0 aliphatic rings. The first-order valence-electron chi connectivity index (χ1n) is 16.8. The van der Waals surface area contributed by atoms with Crippen LogP contribution in [0.2, 0.25) is 0 Å². The number of rotatable bonds is 2. The molecule has 0 saturated heterocycles. The van der Waals surface area contributed by atoms with Gasteiger partial charge < -0.3 is 13.5 Å². The highest BCUT2D eigenvalue weighted by Gasteiger charge is 2.26. The van der Waals surface area contributed by atoms with E-state index in [0.29, 0.717) is 0 Å². The van der Waals surface area contributed by atoms with Crippen LogP contribution in [-0.2, 0) is 0 Å². The lowest BCUT2D eigenvalue weighted by atomic mass is 10.0. The van der Waals surface area contributed by atoms with E-state index in [-0.39, 0.29) is 0 Å². The number of hydrogen-bond acceptors (Lipinski definition) is 1. The molecule has 0 spiro atoms. The molecule has 0 amide bonds. The molecule has 0 saturated carbocycles. The number of pyridine rings is 1. The Labute approximate surface area is 279 Å². The van der Waals surface area contributed by atoms with Gasteiger partial charge in [-0.15, -0.1) is 0 Å². The largest absolute Gasteiger partial charge is 0.308 e. The Morgan fingerprint density at radius 2 is 0.980 bits per heavy atom. The zero-order valence-electron chi connectivity index (χ0n) is 26.3. The first kappa shape index (κ1) is 25.4. The molecule has 7 aromatic carbocycles. The van der Waals surface area contributed by atoms with Crippen LogP contribution in [-0.4, -0.2) is 18.5 Å². The van der Waals surface area contributed by atoms with Crippen molar-refractivity contribution < 1.29 is 0 Å². The molecule has 0 unspecified atom stereocenters. The van der Waals surface area contributed by atoms with Gasteiger partial charge in [0, 0.05) is 48.8 Å². The van der Waals surface area contributed by atoms with Gasteiger partial charge >= 0.3 is 0 Å². The third-order valence-corrected chi connectivity index (χ3v) is 10.8. The second kappa shape index (κ2) is 9.03. The van der Waals surface area contributed by atoms with Gasteiger partial charge in [0.2, 0.25) is 0 Å². The van der Waals surface area contributed by atoms with Crippen molar-refractivity contribution in [1.82, 2.24) is 18.5 Å². The molecular weight excluding hydrogens is 597 g/mol. The molecule has 0 aliphatic carbocycles. The minimum atomic E-state index is 1.09. The van der Waals surface area contributed by atoms with E-state index >= 15 is 0 Å². The van der Waals surface area contributed by atoms with Crippen LogP contribution in [0, 0.1) is 0 Å². The summed E-state index contributed by atoms with van der Waals surface area (Å²) in [5.74, 6) is 0. The molecule has 0 N–H and O–H groups in total. The maximum Gasteiger partial charge on any atom is 0.0746 e. The molecule has 5 heterocycles. The molecule has 226 valence electrons. The van der Waals surface area contributed by atoms with E-state index in [4.69, 9.17) is 4.98 Å². The average Bonchev–Trinajstić information content (AvgIpc) is 3.88. The average molecular weight is 623 g/mol. The van der Waals surface area contributed by atoms with Gasteiger partial charge in [0.05, 0.1) is 56.7 Å². The predicted octanol–water partition coefficient (Wildman–Crippen LogP) is 11.6. The van der Waals surface area contributed by atoms with Crippen molar-refractivity contribution in [3.8, 4) is 11.4 Å². The maximum absolute atomic E-state index is 4.97. The fourth-order valence-electron chi connectivity index (χ4n) is 8.86. The summed E-state index contributed by atoms with van der Waals surface area (Å²) < 4.78 is 7.36. The number of aromatic nitrogens is 4. The van der Waals surface area contributed by atoms with Gasteiger partial charge in [-0.05, 0) is 59.3 Å². The Morgan fingerprint density at radius 1 is 0.367 bits per heavy atom. The molecule has 0 aliphatic heterocycles. The zero-order valence-corrected chi connectivity index (χ0v) is 26.3. The number of hydrogen-bond donors (Lipinski definition) is 0. The fraction of sp³-hybridized carbons (Fsp3) is 0. The predicted molar refractivity (Wildman–Crippen MR) is 205 cm³/mol. The highest BCUT2D eigenvalue weighted by Crippen LogP contribution is 2.48. The summed E-state index contributed by atoms with van der Waals surface area (Å²) >= 11 is 0. The van der Waals surface area contributed by atoms with Crippen molar-refractivity contribution in [3.63, 3.8) is 0 Å². The number of nitrogens with zero attached hydrogens (tertiary/aromatic N) is 4. The summed E-state index contributed by atoms with van der Waals surface area (Å²) in [4.78, 5) is 4.97. The van der Waals surface area contributed by atoms with Gasteiger partial charge in [-0.1, -0.05) is 97.1 Å². The van der Waals surface area contributed by atoms with E-state index in [1.54, 1.807) is 0 Å². The second-order valence-electron chi connectivity index (χ2n) is 13.2. The number of fused-ring (bicyclic) bond motifs is 14. The van der Waals surface area contributed by atoms with E-state index in [1.165, 1.54) is 87.0 Å². The summed E-state index contributed by atoms with van der Waals surface area (Å²) in [6.07, 6.45) is 4.09. The minimum absolute atomic E-state index is 1.09. The van der Waals surface area contributed by atoms with Crippen molar-refractivity contribution in [2.75, 3.05) is 0 Å². The molecule has 12 aromatic rings. The Balaban J connectivity index is 1.36. The van der Waals surface area contributed by atoms with E-state index in [1.807, 2.05) is 6.20 Å². The smallest absolute Gasteiger partial charge is 0.0746 e. The van der Waals surface area contributed by atoms with Gasteiger partial charge in [-0.3, -0.25) is 4.98 Å². The lowest BCUT2D eigenvalue weighted by Crippen LogP contribution is -1.98. The lowest BCUT2D eigenvalue weighted by molar-refractivity contribution is 1.14. The maximum atomic E-state index is 4.97. The van der Waals surface area contributed by atoms with Gasteiger partial charge in [0.1, 0.15) is 0 Å². The van der Waals surface area contributed by atoms with Gasteiger partial charge in [-0.2, -0.15) is 0 Å². The molecule has 0 radical (unpaired) electrons. The molecule has 12 rings (SSSR count). The summed E-state index contributed by atoms with van der Waals surface area (Å²) in [7, 11) is 0. The standard InChI is InChI=1S/C45H26N4/c1-2-14-29(15-3-1)47-38-21-11-8-18-32(38)42-40(47)25-46-26-41(42)49-37-20-10-7-17-31(37)34-24-33-30-16-6-9-19-36(30)48-39-23-28-13-5-4-12-27(28)22-35(39)43(44(33)48)45(34)49/h1-26H. The van der Waals surface area contributed by atoms with Crippen LogP contribution in [0.4, 0.5) is 0 Å². The van der Waals surface area contributed by atoms with Crippen molar-refractivity contribution in [2.24, 2.45) is 0 Å². The molecule has 49 heavy (non-hydrogen) atoms. The quantitative estimate of drug-likeness (QED) is 0.188. The van der Waals surface area contributed by atoms with Crippen LogP contribution in [0.15, 0.2) is 158 Å². The first-order chi connectivity index (χ1) is 24.3. The van der Waals surface area contributed by atoms with E-state index in [0.717, 1.165) is 16.9 Å². The van der Waals surface area contributed by atoms with Gasteiger partial charge in [0.15, 0.2) is 0 Å². The van der Waals surface area contributed by atoms with E-state index < -0.39 is 0 Å². The number of benzene rings is 7. The highest BCUT2D eigenvalue weighted by atomic mass is 15.0. The number of para-hydroxylation sites is 4. The SMILES string of the molecule is c1ccc(-n2c3ccccc3c3c(-n4c5ccccc5c5cc6c7ccccc7n7c8cc9ccccc9cc8c(c54)c67)cncc32)cc1. The topological polar surface area (TPSA) is 27.2 Å². The third-order valence-electron chi connectivity index (χ3n) is 10.8. The lowest BCUT2D eigenvalue weighted by Gasteiger charge is -2.12. The van der Waals surface area contributed by atoms with E-state index in [9.17, 15) is 0 Å². The van der Waals surface area contributed by atoms with Crippen molar-refractivity contribution in [3.05, 3.63) is 158 Å². The zero-order chi connectivity index (χ0) is 31.8. The summed E-state index contributed by atoms with van der Waals surface area (Å²) in [5, 5.41) is 12.5. The summed E-state index contributed by atoms with van der Waals surface area (Å²) in [6.45, 7) is 0. The molecule has 0 bridgehead atoms. The van der Waals surface area contributed by atoms with E-state index in [2.05, 4.69) is 165 Å². The van der Waals surface area contributed by atoms with Gasteiger partial charge in [0.25, 0.3) is 0 Å². The Kier molecular flexibility index (Phi) is 4.69. The summed E-state index contributed by atoms with van der Waals surface area (Å²) in [5.41, 5.74) is 10.6. The normalized spacial score (nSPS) is 12.5. The molecule has 0 atom stereocenters. The van der Waals surface area contributed by atoms with Crippen LogP contribution >= 0.6 is 0 Å².